The summed E-state index contributed by atoms with van der Waals surface area (Å²) in [6.07, 6.45) is 2.67. The van der Waals surface area contributed by atoms with Gasteiger partial charge in [-0.25, -0.2) is 0 Å². The number of carbonyl (C=O) groups is 1. The summed E-state index contributed by atoms with van der Waals surface area (Å²) in [6.45, 7) is 2.79. The first-order chi connectivity index (χ1) is 14.6. The summed E-state index contributed by atoms with van der Waals surface area (Å²) in [5.74, 6) is 2.23. The molecule has 6 nitrogen and oxygen atoms in total. The number of aromatic amines is 1. The van der Waals surface area contributed by atoms with E-state index in [0.29, 0.717) is 18.7 Å². The number of aryl methyl sites for hydroxylation is 1. The van der Waals surface area contributed by atoms with Crippen molar-refractivity contribution < 1.29 is 18.7 Å². The van der Waals surface area contributed by atoms with Crippen molar-refractivity contribution in [3.8, 4) is 11.5 Å². The maximum Gasteiger partial charge on any atom is 0.287 e. The quantitative estimate of drug-likeness (QED) is 0.449. The average Bonchev–Trinajstić information content (AvgIpc) is 3.39. The minimum Gasteiger partial charge on any atom is -0.497 e. The van der Waals surface area contributed by atoms with Crippen LogP contribution in [0.25, 0.3) is 10.9 Å². The first kappa shape index (κ1) is 19.6. The van der Waals surface area contributed by atoms with Gasteiger partial charge in [0.2, 0.25) is 0 Å². The predicted octanol–water partition coefficient (Wildman–Crippen LogP) is 4.63. The zero-order valence-corrected chi connectivity index (χ0v) is 17.0. The van der Waals surface area contributed by atoms with Gasteiger partial charge < -0.3 is 24.2 Å². The minimum absolute atomic E-state index is 0.238. The molecule has 2 heterocycles. The molecule has 2 aromatic carbocycles. The number of rotatable bonds is 8. The minimum atomic E-state index is -0.238. The summed E-state index contributed by atoms with van der Waals surface area (Å²) in [5.41, 5.74) is 3.28. The average molecular weight is 404 g/mol. The van der Waals surface area contributed by atoms with Gasteiger partial charge in [-0.1, -0.05) is 12.1 Å². The van der Waals surface area contributed by atoms with Crippen LogP contribution in [0.5, 0.6) is 11.5 Å². The number of fused-ring (bicyclic) bond motifs is 1. The van der Waals surface area contributed by atoms with Crippen LogP contribution in [0.4, 0.5) is 0 Å². The number of hydrogen-bond acceptors (Lipinski definition) is 4. The number of furan rings is 1. The highest BCUT2D eigenvalue weighted by Gasteiger charge is 2.12. The molecule has 2 aromatic heterocycles. The summed E-state index contributed by atoms with van der Waals surface area (Å²) < 4.78 is 16.6. The monoisotopic (exact) mass is 404 g/mol. The van der Waals surface area contributed by atoms with Crippen LogP contribution in [0.3, 0.4) is 0 Å². The van der Waals surface area contributed by atoms with Crippen molar-refractivity contribution in [2.45, 2.75) is 20.0 Å². The Kier molecular flexibility index (Phi) is 5.75. The highest BCUT2D eigenvalue weighted by molar-refractivity contribution is 5.91. The Labute approximate surface area is 174 Å². The van der Waals surface area contributed by atoms with Gasteiger partial charge in [0.1, 0.15) is 23.9 Å². The molecule has 154 valence electrons. The number of aromatic nitrogens is 1. The number of nitrogens with one attached hydrogen (secondary N) is 2. The molecule has 0 bridgehead atoms. The lowest BCUT2D eigenvalue weighted by atomic mass is 10.1. The van der Waals surface area contributed by atoms with Crippen LogP contribution < -0.4 is 14.8 Å². The molecule has 0 aliphatic heterocycles. The van der Waals surface area contributed by atoms with Gasteiger partial charge in [-0.2, -0.15) is 0 Å². The lowest BCUT2D eigenvalue weighted by Crippen LogP contribution is -2.25. The van der Waals surface area contributed by atoms with Gasteiger partial charge >= 0.3 is 0 Å². The van der Waals surface area contributed by atoms with Gasteiger partial charge in [-0.05, 0) is 60.9 Å². The number of benzene rings is 2. The van der Waals surface area contributed by atoms with E-state index in [0.717, 1.165) is 33.5 Å². The fraction of sp³-hybridized carbons (Fsp3) is 0.208. The summed E-state index contributed by atoms with van der Waals surface area (Å²) in [6, 6.07) is 17.1. The standard InChI is InChI=1S/C24H24N2O4/c1-16-4-3-5-19(12-16)29-15-20-7-9-23(30-20)24(27)25-11-10-17-14-26-22-13-18(28-2)6-8-21(17)22/h3-9,12-14,26H,10-11,15H2,1-2H3,(H,25,27). The number of H-pyrrole nitrogens is 1. The number of hydrogen-bond donors (Lipinski definition) is 2. The van der Waals surface area contributed by atoms with Crippen LogP contribution >= 0.6 is 0 Å². The number of amides is 1. The fourth-order valence-electron chi connectivity index (χ4n) is 3.33. The maximum atomic E-state index is 12.4. The van der Waals surface area contributed by atoms with E-state index in [-0.39, 0.29) is 18.3 Å². The second-order valence-electron chi connectivity index (χ2n) is 7.10. The molecule has 0 spiro atoms. The van der Waals surface area contributed by atoms with Gasteiger partial charge in [-0.3, -0.25) is 4.79 Å². The van der Waals surface area contributed by atoms with Crippen molar-refractivity contribution in [2.75, 3.05) is 13.7 Å². The molecule has 4 rings (SSSR count). The molecule has 4 aromatic rings. The highest BCUT2D eigenvalue weighted by Crippen LogP contribution is 2.23. The Morgan fingerprint density at radius 1 is 1.10 bits per heavy atom. The van der Waals surface area contributed by atoms with E-state index in [1.165, 1.54) is 0 Å². The largest absolute Gasteiger partial charge is 0.497 e. The third-order valence-corrected chi connectivity index (χ3v) is 4.91. The van der Waals surface area contributed by atoms with Crippen molar-refractivity contribution in [1.29, 1.82) is 0 Å². The van der Waals surface area contributed by atoms with Crippen molar-refractivity contribution >= 4 is 16.8 Å². The van der Waals surface area contributed by atoms with E-state index in [9.17, 15) is 4.79 Å². The zero-order valence-electron chi connectivity index (χ0n) is 17.0. The third kappa shape index (κ3) is 4.49. The molecule has 0 unspecified atom stereocenters. The molecule has 6 heteroatoms. The van der Waals surface area contributed by atoms with Crippen molar-refractivity contribution in [1.82, 2.24) is 10.3 Å². The molecular formula is C24H24N2O4. The number of ether oxygens (including phenoxy) is 2. The van der Waals surface area contributed by atoms with Crippen molar-refractivity contribution in [3.05, 3.63) is 83.4 Å². The zero-order chi connectivity index (χ0) is 20.9. The van der Waals surface area contributed by atoms with Crippen LogP contribution in [0.15, 0.2) is 65.2 Å². The number of carbonyl (C=O) groups excluding carboxylic acids is 1. The summed E-state index contributed by atoms with van der Waals surface area (Å²) in [5, 5.41) is 4.03. The Morgan fingerprint density at radius 3 is 2.83 bits per heavy atom. The number of methoxy groups -OCH3 is 1. The van der Waals surface area contributed by atoms with Crippen LogP contribution in [0.1, 0.15) is 27.4 Å². The first-order valence-electron chi connectivity index (χ1n) is 9.83. The van der Waals surface area contributed by atoms with Gasteiger partial charge in [0.05, 0.1) is 7.11 Å². The van der Waals surface area contributed by atoms with Gasteiger partial charge in [0, 0.05) is 29.7 Å². The molecule has 1 amide bonds. The van der Waals surface area contributed by atoms with E-state index < -0.39 is 0 Å². The molecule has 0 radical (unpaired) electrons. The second kappa shape index (κ2) is 8.78. The molecule has 0 saturated carbocycles. The normalized spacial score (nSPS) is 10.9. The van der Waals surface area contributed by atoms with Crippen molar-refractivity contribution in [2.24, 2.45) is 0 Å². The smallest absolute Gasteiger partial charge is 0.287 e. The Hall–Kier alpha value is -3.67. The lowest BCUT2D eigenvalue weighted by Gasteiger charge is -2.05. The van der Waals surface area contributed by atoms with Crippen LogP contribution in [0.2, 0.25) is 0 Å². The summed E-state index contributed by atoms with van der Waals surface area (Å²) >= 11 is 0. The molecular weight excluding hydrogens is 380 g/mol. The molecule has 0 aliphatic carbocycles. The van der Waals surface area contributed by atoms with Gasteiger partial charge in [0.15, 0.2) is 5.76 Å². The second-order valence-corrected chi connectivity index (χ2v) is 7.10. The van der Waals surface area contributed by atoms with E-state index in [4.69, 9.17) is 13.9 Å². The molecule has 2 N–H and O–H groups in total. The lowest BCUT2D eigenvalue weighted by molar-refractivity contribution is 0.0922. The third-order valence-electron chi connectivity index (χ3n) is 4.91. The summed E-state index contributed by atoms with van der Waals surface area (Å²) in [7, 11) is 1.65. The molecule has 0 fully saturated rings. The van der Waals surface area contributed by atoms with E-state index in [1.807, 2.05) is 55.6 Å². The maximum absolute atomic E-state index is 12.4. The summed E-state index contributed by atoms with van der Waals surface area (Å²) in [4.78, 5) is 15.6. The van der Waals surface area contributed by atoms with Crippen LogP contribution in [0, 0.1) is 6.92 Å². The Morgan fingerprint density at radius 2 is 2.00 bits per heavy atom. The molecule has 0 aliphatic rings. The van der Waals surface area contributed by atoms with Crippen molar-refractivity contribution in [3.63, 3.8) is 0 Å². The fourth-order valence-corrected chi connectivity index (χ4v) is 3.33. The van der Waals surface area contributed by atoms with E-state index in [1.54, 1.807) is 19.2 Å². The predicted molar refractivity (Wildman–Crippen MR) is 115 cm³/mol. The molecule has 30 heavy (non-hydrogen) atoms. The van der Waals surface area contributed by atoms with Crippen LogP contribution in [-0.2, 0) is 13.0 Å². The topological polar surface area (TPSA) is 76.5 Å². The Bertz CT molecular complexity index is 1160. The van der Waals surface area contributed by atoms with Crippen LogP contribution in [-0.4, -0.2) is 24.5 Å². The van der Waals surface area contributed by atoms with E-state index in [2.05, 4.69) is 10.3 Å². The SMILES string of the molecule is COc1ccc2c(CCNC(=O)c3ccc(COc4cccc(C)c4)o3)c[nH]c2c1. The van der Waals surface area contributed by atoms with Gasteiger partial charge in [-0.15, -0.1) is 0 Å². The highest BCUT2D eigenvalue weighted by atomic mass is 16.5. The Balaban J connectivity index is 1.29. The molecule has 0 atom stereocenters. The van der Waals surface area contributed by atoms with Gasteiger partial charge in [0.25, 0.3) is 5.91 Å². The van der Waals surface area contributed by atoms with E-state index >= 15 is 0 Å². The molecule has 0 saturated heterocycles. The first-order valence-corrected chi connectivity index (χ1v) is 9.83.